The minimum atomic E-state index is -0.579. The van der Waals surface area contributed by atoms with Gasteiger partial charge in [0.15, 0.2) is 0 Å². The molecule has 0 radical (unpaired) electrons. The number of likely N-dealkylation sites (tertiary alicyclic amines) is 1. The Bertz CT molecular complexity index is 782. The van der Waals surface area contributed by atoms with Crippen LogP contribution in [0.2, 0.25) is 0 Å². The Morgan fingerprint density at radius 1 is 1.16 bits per heavy atom. The second kappa shape index (κ2) is 12.0. The molecule has 0 unspecified atom stereocenters. The number of aliphatic hydroxyl groups excluding tert-OH is 2. The van der Waals surface area contributed by atoms with E-state index in [1.807, 2.05) is 42.7 Å². The smallest absolute Gasteiger partial charge is 0.124 e. The van der Waals surface area contributed by atoms with Gasteiger partial charge in [0.1, 0.15) is 24.2 Å². The summed E-state index contributed by atoms with van der Waals surface area (Å²) in [5.41, 5.74) is 2.24. The van der Waals surface area contributed by atoms with Gasteiger partial charge in [-0.05, 0) is 55.3 Å². The van der Waals surface area contributed by atoms with Crippen LogP contribution in [0.25, 0.3) is 0 Å². The minimum Gasteiger partial charge on any atom is -0.497 e. The van der Waals surface area contributed by atoms with E-state index >= 15 is 0 Å². The summed E-state index contributed by atoms with van der Waals surface area (Å²) < 4.78 is 11.5. The number of piperidine rings is 1. The van der Waals surface area contributed by atoms with E-state index in [1.54, 1.807) is 7.11 Å². The van der Waals surface area contributed by atoms with Crippen molar-refractivity contribution < 1.29 is 19.7 Å². The standard InChI is InChI=1S/C24H35N3O4/c1-3-26(15-19-6-10-25-11-7-19)16-20-14-23(30-2)4-5-24(20)31-18-22(29)17-27-12-8-21(28)9-13-27/h4-7,10-11,14,21-22,28-29H,3,8-9,12-13,15-18H2,1-2H3/t22-/m1/s1. The topological polar surface area (TPSA) is 78.3 Å². The molecule has 0 aliphatic carbocycles. The number of methoxy groups -OCH3 is 1. The lowest BCUT2D eigenvalue weighted by atomic mass is 10.1. The molecule has 0 spiro atoms. The summed E-state index contributed by atoms with van der Waals surface area (Å²) in [6, 6.07) is 9.86. The molecule has 170 valence electrons. The van der Waals surface area contributed by atoms with Crippen molar-refractivity contribution in [1.29, 1.82) is 0 Å². The lowest BCUT2D eigenvalue weighted by Gasteiger charge is -2.31. The largest absolute Gasteiger partial charge is 0.497 e. The van der Waals surface area contributed by atoms with Crippen LogP contribution in [-0.2, 0) is 13.1 Å². The van der Waals surface area contributed by atoms with E-state index in [1.165, 1.54) is 5.56 Å². The highest BCUT2D eigenvalue weighted by atomic mass is 16.5. The fourth-order valence-corrected chi connectivity index (χ4v) is 3.85. The van der Waals surface area contributed by atoms with Gasteiger partial charge in [0.2, 0.25) is 0 Å². The second-order valence-electron chi connectivity index (χ2n) is 8.13. The van der Waals surface area contributed by atoms with E-state index in [0.29, 0.717) is 13.1 Å². The number of pyridine rings is 1. The summed E-state index contributed by atoms with van der Waals surface area (Å²) in [7, 11) is 1.66. The number of hydrogen-bond acceptors (Lipinski definition) is 7. The number of aliphatic hydroxyl groups is 2. The molecule has 2 N–H and O–H groups in total. The molecule has 1 aliphatic heterocycles. The average molecular weight is 430 g/mol. The van der Waals surface area contributed by atoms with E-state index in [-0.39, 0.29) is 12.7 Å². The summed E-state index contributed by atoms with van der Waals surface area (Å²) >= 11 is 0. The second-order valence-corrected chi connectivity index (χ2v) is 8.13. The van der Waals surface area contributed by atoms with Gasteiger partial charge in [-0.3, -0.25) is 9.88 Å². The molecule has 1 aromatic heterocycles. The van der Waals surface area contributed by atoms with Gasteiger partial charge in [-0.15, -0.1) is 0 Å². The Kier molecular flexibility index (Phi) is 9.09. The van der Waals surface area contributed by atoms with Crippen molar-refractivity contribution in [2.24, 2.45) is 0 Å². The number of benzene rings is 1. The predicted octanol–water partition coefficient (Wildman–Crippen LogP) is 2.31. The van der Waals surface area contributed by atoms with E-state index in [9.17, 15) is 10.2 Å². The van der Waals surface area contributed by atoms with Crippen molar-refractivity contribution in [3.63, 3.8) is 0 Å². The molecule has 7 heteroatoms. The van der Waals surface area contributed by atoms with Crippen LogP contribution in [0.4, 0.5) is 0 Å². The Labute approximate surface area is 185 Å². The maximum atomic E-state index is 10.5. The van der Waals surface area contributed by atoms with E-state index in [0.717, 1.165) is 56.1 Å². The summed E-state index contributed by atoms with van der Waals surface area (Å²) in [4.78, 5) is 8.60. The molecule has 7 nitrogen and oxygen atoms in total. The van der Waals surface area contributed by atoms with Gasteiger partial charge in [0.05, 0.1) is 13.2 Å². The number of β-amino-alcohol motifs (C(OH)–C–C–N with tert-alkyl or cyclic N) is 1. The fourth-order valence-electron chi connectivity index (χ4n) is 3.85. The molecule has 0 saturated carbocycles. The van der Waals surface area contributed by atoms with Gasteiger partial charge in [0, 0.05) is 50.7 Å². The molecule has 0 bridgehead atoms. The average Bonchev–Trinajstić information content (AvgIpc) is 2.80. The number of aromatic nitrogens is 1. The SMILES string of the molecule is CCN(Cc1ccncc1)Cc1cc(OC)ccc1OC[C@H](O)CN1CCC(O)CC1. The van der Waals surface area contributed by atoms with Gasteiger partial charge in [-0.2, -0.15) is 0 Å². The molecule has 1 aliphatic rings. The predicted molar refractivity (Wildman–Crippen MR) is 120 cm³/mol. The zero-order valence-corrected chi connectivity index (χ0v) is 18.6. The summed E-state index contributed by atoms with van der Waals surface area (Å²) in [6.45, 7) is 6.98. The highest BCUT2D eigenvalue weighted by Crippen LogP contribution is 2.26. The fraction of sp³-hybridized carbons (Fsp3) is 0.542. The summed E-state index contributed by atoms with van der Waals surface area (Å²) in [6.07, 6.45) is 4.37. The summed E-state index contributed by atoms with van der Waals surface area (Å²) in [5.74, 6) is 1.55. The molecule has 2 aromatic rings. The van der Waals surface area contributed by atoms with Crippen molar-refractivity contribution in [3.05, 3.63) is 53.9 Å². The van der Waals surface area contributed by atoms with Crippen LogP contribution in [0.5, 0.6) is 11.5 Å². The third kappa shape index (κ3) is 7.47. The zero-order valence-electron chi connectivity index (χ0n) is 18.6. The van der Waals surface area contributed by atoms with E-state index < -0.39 is 6.10 Å². The van der Waals surface area contributed by atoms with Crippen LogP contribution in [0.15, 0.2) is 42.7 Å². The number of ether oxygens (including phenoxy) is 2. The van der Waals surface area contributed by atoms with Crippen molar-refractivity contribution in [2.75, 3.05) is 39.9 Å². The Balaban J connectivity index is 1.60. The molecular weight excluding hydrogens is 394 g/mol. The first-order valence-electron chi connectivity index (χ1n) is 11.1. The van der Waals surface area contributed by atoms with Crippen molar-refractivity contribution in [3.8, 4) is 11.5 Å². The first kappa shape index (κ1) is 23.5. The lowest BCUT2D eigenvalue weighted by Crippen LogP contribution is -2.41. The first-order chi connectivity index (χ1) is 15.1. The molecule has 1 aromatic carbocycles. The molecule has 31 heavy (non-hydrogen) atoms. The Hall–Kier alpha value is -2.19. The third-order valence-corrected chi connectivity index (χ3v) is 5.72. The lowest BCUT2D eigenvalue weighted by molar-refractivity contribution is 0.0335. The van der Waals surface area contributed by atoms with Gasteiger partial charge in [-0.1, -0.05) is 6.92 Å². The van der Waals surface area contributed by atoms with Crippen molar-refractivity contribution >= 4 is 0 Å². The van der Waals surface area contributed by atoms with Crippen LogP contribution >= 0.6 is 0 Å². The van der Waals surface area contributed by atoms with Crippen LogP contribution < -0.4 is 9.47 Å². The number of nitrogens with zero attached hydrogens (tertiary/aromatic N) is 3. The van der Waals surface area contributed by atoms with E-state index in [2.05, 4.69) is 21.7 Å². The van der Waals surface area contributed by atoms with Crippen LogP contribution in [0, 0.1) is 0 Å². The molecule has 2 heterocycles. The Morgan fingerprint density at radius 3 is 2.58 bits per heavy atom. The van der Waals surface area contributed by atoms with Gasteiger partial charge in [0.25, 0.3) is 0 Å². The van der Waals surface area contributed by atoms with Crippen molar-refractivity contribution in [1.82, 2.24) is 14.8 Å². The number of rotatable bonds is 11. The third-order valence-electron chi connectivity index (χ3n) is 5.72. The highest BCUT2D eigenvalue weighted by molar-refractivity contribution is 5.40. The van der Waals surface area contributed by atoms with Crippen LogP contribution in [0.3, 0.4) is 0 Å². The number of hydrogen-bond donors (Lipinski definition) is 2. The molecule has 0 amide bonds. The monoisotopic (exact) mass is 429 g/mol. The summed E-state index contributed by atoms with van der Waals surface area (Å²) in [5, 5.41) is 20.1. The highest BCUT2D eigenvalue weighted by Gasteiger charge is 2.20. The van der Waals surface area contributed by atoms with Crippen molar-refractivity contribution in [2.45, 2.75) is 45.1 Å². The molecule has 3 rings (SSSR count). The molecule has 1 saturated heterocycles. The van der Waals surface area contributed by atoms with Gasteiger partial charge in [-0.25, -0.2) is 0 Å². The quantitative estimate of drug-likeness (QED) is 0.568. The van der Waals surface area contributed by atoms with E-state index in [4.69, 9.17) is 9.47 Å². The normalized spacial score (nSPS) is 16.4. The maximum Gasteiger partial charge on any atom is 0.124 e. The van der Waals surface area contributed by atoms with Crippen LogP contribution in [-0.4, -0.2) is 77.1 Å². The van der Waals surface area contributed by atoms with Gasteiger partial charge < -0.3 is 24.6 Å². The first-order valence-corrected chi connectivity index (χ1v) is 11.1. The molecular formula is C24H35N3O4. The molecule has 1 atom stereocenters. The zero-order chi connectivity index (χ0) is 22.1. The maximum absolute atomic E-state index is 10.5. The molecule has 1 fully saturated rings. The van der Waals surface area contributed by atoms with Gasteiger partial charge >= 0.3 is 0 Å². The minimum absolute atomic E-state index is 0.208. The van der Waals surface area contributed by atoms with Crippen LogP contribution in [0.1, 0.15) is 30.9 Å². The Morgan fingerprint density at radius 2 is 1.90 bits per heavy atom.